The van der Waals surface area contributed by atoms with Crippen molar-refractivity contribution in [3.8, 4) is 0 Å². The first-order valence-corrected chi connectivity index (χ1v) is 5.52. The SMILES string of the molecule is CC1CC1CNCCCC(=O)N(C)C. The van der Waals surface area contributed by atoms with Gasteiger partial charge in [0.05, 0.1) is 0 Å². The zero-order valence-corrected chi connectivity index (χ0v) is 9.55. The van der Waals surface area contributed by atoms with Crippen LogP contribution in [0.1, 0.15) is 26.2 Å². The molecule has 14 heavy (non-hydrogen) atoms. The zero-order valence-electron chi connectivity index (χ0n) is 9.55. The van der Waals surface area contributed by atoms with E-state index in [1.807, 2.05) is 14.1 Å². The minimum Gasteiger partial charge on any atom is -0.349 e. The van der Waals surface area contributed by atoms with Crippen molar-refractivity contribution in [1.29, 1.82) is 0 Å². The van der Waals surface area contributed by atoms with E-state index >= 15 is 0 Å². The van der Waals surface area contributed by atoms with Crippen LogP contribution in [0, 0.1) is 11.8 Å². The first-order valence-electron chi connectivity index (χ1n) is 5.52. The Balaban J connectivity index is 1.87. The minimum atomic E-state index is 0.228. The second kappa shape index (κ2) is 5.35. The molecule has 1 fully saturated rings. The van der Waals surface area contributed by atoms with Gasteiger partial charge < -0.3 is 10.2 Å². The lowest BCUT2D eigenvalue weighted by molar-refractivity contribution is -0.128. The summed E-state index contributed by atoms with van der Waals surface area (Å²) in [6, 6.07) is 0. The molecule has 1 N–H and O–H groups in total. The lowest BCUT2D eigenvalue weighted by Crippen LogP contribution is -2.24. The van der Waals surface area contributed by atoms with E-state index < -0.39 is 0 Å². The fourth-order valence-corrected chi connectivity index (χ4v) is 1.56. The Kier molecular flexibility index (Phi) is 4.39. The molecular formula is C11H22N2O. The molecule has 2 unspecified atom stereocenters. The maximum absolute atomic E-state index is 11.2. The van der Waals surface area contributed by atoms with Gasteiger partial charge in [-0.3, -0.25) is 4.79 Å². The summed E-state index contributed by atoms with van der Waals surface area (Å²) < 4.78 is 0. The fourth-order valence-electron chi connectivity index (χ4n) is 1.56. The average molecular weight is 198 g/mol. The molecule has 0 heterocycles. The summed E-state index contributed by atoms with van der Waals surface area (Å²) in [5, 5.41) is 3.40. The van der Waals surface area contributed by atoms with Crippen molar-refractivity contribution in [3.63, 3.8) is 0 Å². The van der Waals surface area contributed by atoms with E-state index in [0.717, 1.165) is 31.3 Å². The molecule has 0 radical (unpaired) electrons. The van der Waals surface area contributed by atoms with Gasteiger partial charge in [-0.2, -0.15) is 0 Å². The lowest BCUT2D eigenvalue weighted by atomic mass is 10.2. The fraction of sp³-hybridized carbons (Fsp3) is 0.909. The quantitative estimate of drug-likeness (QED) is 0.648. The van der Waals surface area contributed by atoms with E-state index in [1.54, 1.807) is 4.90 Å². The third kappa shape index (κ3) is 4.09. The van der Waals surface area contributed by atoms with E-state index in [-0.39, 0.29) is 5.91 Å². The molecular weight excluding hydrogens is 176 g/mol. The minimum absolute atomic E-state index is 0.228. The van der Waals surface area contributed by atoms with Crippen molar-refractivity contribution in [2.75, 3.05) is 27.2 Å². The predicted octanol–water partition coefficient (Wildman–Crippen LogP) is 1.10. The van der Waals surface area contributed by atoms with Gasteiger partial charge in [-0.15, -0.1) is 0 Å². The van der Waals surface area contributed by atoms with E-state index in [0.29, 0.717) is 6.42 Å². The molecule has 0 spiro atoms. The van der Waals surface area contributed by atoms with Gasteiger partial charge in [0.2, 0.25) is 5.91 Å². The molecule has 1 saturated carbocycles. The second-order valence-electron chi connectivity index (χ2n) is 4.57. The summed E-state index contributed by atoms with van der Waals surface area (Å²) in [5.41, 5.74) is 0. The normalized spacial score (nSPS) is 24.8. The van der Waals surface area contributed by atoms with E-state index in [4.69, 9.17) is 0 Å². The van der Waals surface area contributed by atoms with E-state index in [2.05, 4.69) is 12.2 Å². The van der Waals surface area contributed by atoms with Crippen molar-refractivity contribution in [2.24, 2.45) is 11.8 Å². The average Bonchev–Trinajstić information content (AvgIpc) is 2.81. The summed E-state index contributed by atoms with van der Waals surface area (Å²) in [4.78, 5) is 12.9. The van der Waals surface area contributed by atoms with Gasteiger partial charge >= 0.3 is 0 Å². The number of amides is 1. The van der Waals surface area contributed by atoms with Crippen LogP contribution >= 0.6 is 0 Å². The number of hydrogen-bond donors (Lipinski definition) is 1. The Morgan fingerprint density at radius 1 is 1.50 bits per heavy atom. The standard InChI is InChI=1S/C11H22N2O/c1-9-7-10(9)8-12-6-4-5-11(14)13(2)3/h9-10,12H,4-8H2,1-3H3. The van der Waals surface area contributed by atoms with Crippen molar-refractivity contribution in [3.05, 3.63) is 0 Å². The van der Waals surface area contributed by atoms with Gasteiger partial charge in [0, 0.05) is 20.5 Å². The van der Waals surface area contributed by atoms with Gasteiger partial charge in [0.25, 0.3) is 0 Å². The highest BCUT2D eigenvalue weighted by atomic mass is 16.2. The van der Waals surface area contributed by atoms with Crippen LogP contribution in [0.4, 0.5) is 0 Å². The number of carbonyl (C=O) groups excluding carboxylic acids is 1. The number of carbonyl (C=O) groups is 1. The second-order valence-corrected chi connectivity index (χ2v) is 4.57. The number of nitrogens with one attached hydrogen (secondary N) is 1. The van der Waals surface area contributed by atoms with E-state index in [9.17, 15) is 4.79 Å². The molecule has 0 aliphatic heterocycles. The summed E-state index contributed by atoms with van der Waals surface area (Å²) in [6.45, 7) is 4.40. The highest BCUT2D eigenvalue weighted by Crippen LogP contribution is 2.36. The maximum Gasteiger partial charge on any atom is 0.222 e. The van der Waals surface area contributed by atoms with Crippen LogP contribution in [-0.2, 0) is 4.79 Å². The molecule has 1 amide bonds. The van der Waals surface area contributed by atoms with Crippen molar-refractivity contribution >= 4 is 5.91 Å². The number of rotatable bonds is 6. The van der Waals surface area contributed by atoms with Crippen LogP contribution in [0.15, 0.2) is 0 Å². The third-order valence-corrected chi connectivity index (χ3v) is 2.93. The number of nitrogens with zero attached hydrogens (tertiary/aromatic N) is 1. The molecule has 1 aliphatic rings. The molecule has 0 bridgehead atoms. The van der Waals surface area contributed by atoms with Crippen LogP contribution < -0.4 is 5.32 Å². The molecule has 1 rings (SSSR count). The first kappa shape index (κ1) is 11.5. The van der Waals surface area contributed by atoms with Crippen LogP contribution in [0.25, 0.3) is 0 Å². The zero-order chi connectivity index (χ0) is 10.6. The molecule has 0 saturated heterocycles. The Morgan fingerprint density at radius 3 is 2.64 bits per heavy atom. The van der Waals surface area contributed by atoms with Gasteiger partial charge in [0.1, 0.15) is 0 Å². The summed E-state index contributed by atoms with van der Waals surface area (Å²) in [5.74, 6) is 2.05. The van der Waals surface area contributed by atoms with Crippen molar-refractivity contribution in [1.82, 2.24) is 10.2 Å². The Morgan fingerprint density at radius 2 is 2.14 bits per heavy atom. The van der Waals surface area contributed by atoms with Gasteiger partial charge in [0.15, 0.2) is 0 Å². The summed E-state index contributed by atoms with van der Waals surface area (Å²) in [7, 11) is 3.61. The van der Waals surface area contributed by atoms with E-state index in [1.165, 1.54) is 6.42 Å². The first-order chi connectivity index (χ1) is 6.61. The van der Waals surface area contributed by atoms with Gasteiger partial charge in [-0.25, -0.2) is 0 Å². The Hall–Kier alpha value is -0.570. The van der Waals surface area contributed by atoms with Crippen LogP contribution in [0.5, 0.6) is 0 Å². The third-order valence-electron chi connectivity index (χ3n) is 2.93. The number of hydrogen-bond acceptors (Lipinski definition) is 2. The predicted molar refractivity (Wildman–Crippen MR) is 58.1 cm³/mol. The molecule has 1 aliphatic carbocycles. The van der Waals surface area contributed by atoms with Crippen molar-refractivity contribution < 1.29 is 4.79 Å². The van der Waals surface area contributed by atoms with Crippen LogP contribution in [0.3, 0.4) is 0 Å². The lowest BCUT2D eigenvalue weighted by Gasteiger charge is -2.09. The van der Waals surface area contributed by atoms with Crippen LogP contribution in [-0.4, -0.2) is 38.0 Å². The molecule has 3 nitrogen and oxygen atoms in total. The van der Waals surface area contributed by atoms with Crippen LogP contribution in [0.2, 0.25) is 0 Å². The molecule has 3 heteroatoms. The molecule has 2 atom stereocenters. The molecule has 0 aromatic rings. The monoisotopic (exact) mass is 198 g/mol. The Labute approximate surface area is 86.9 Å². The maximum atomic E-state index is 11.2. The molecule has 0 aromatic carbocycles. The summed E-state index contributed by atoms with van der Waals surface area (Å²) in [6.07, 6.45) is 3.00. The van der Waals surface area contributed by atoms with Gasteiger partial charge in [-0.1, -0.05) is 6.92 Å². The smallest absolute Gasteiger partial charge is 0.222 e. The Bertz CT molecular complexity index is 192. The highest BCUT2D eigenvalue weighted by molar-refractivity contribution is 5.75. The molecule has 82 valence electrons. The highest BCUT2D eigenvalue weighted by Gasteiger charge is 2.31. The largest absolute Gasteiger partial charge is 0.349 e. The van der Waals surface area contributed by atoms with Gasteiger partial charge in [-0.05, 0) is 37.8 Å². The topological polar surface area (TPSA) is 32.3 Å². The van der Waals surface area contributed by atoms with Crippen molar-refractivity contribution in [2.45, 2.75) is 26.2 Å². The molecule has 0 aromatic heterocycles. The summed E-state index contributed by atoms with van der Waals surface area (Å²) >= 11 is 0.